The summed E-state index contributed by atoms with van der Waals surface area (Å²) < 4.78 is 0. The van der Waals surface area contributed by atoms with Gasteiger partial charge in [-0.2, -0.15) is 0 Å². The summed E-state index contributed by atoms with van der Waals surface area (Å²) >= 11 is 0. The van der Waals surface area contributed by atoms with Gasteiger partial charge in [-0.15, -0.1) is 0 Å². The zero-order valence-corrected chi connectivity index (χ0v) is 10.0. The van der Waals surface area contributed by atoms with Gasteiger partial charge in [-0.3, -0.25) is 4.79 Å². The van der Waals surface area contributed by atoms with Crippen LogP contribution in [-0.4, -0.2) is 42.5 Å². The van der Waals surface area contributed by atoms with Crippen molar-refractivity contribution in [2.45, 2.75) is 6.42 Å². The maximum absolute atomic E-state index is 10.9. The molecule has 1 aliphatic rings. The van der Waals surface area contributed by atoms with E-state index in [0.717, 1.165) is 18.9 Å². The Morgan fingerprint density at radius 3 is 3.00 bits per heavy atom. The Bertz CT molecular complexity index is 390. The lowest BCUT2D eigenvalue weighted by Crippen LogP contribution is -2.19. The summed E-state index contributed by atoms with van der Waals surface area (Å²) in [5.74, 6) is 1.03. The second-order valence-electron chi connectivity index (χ2n) is 4.59. The van der Waals surface area contributed by atoms with Crippen LogP contribution in [0.25, 0.3) is 0 Å². The summed E-state index contributed by atoms with van der Waals surface area (Å²) in [6.07, 6.45) is 2.73. The van der Waals surface area contributed by atoms with Gasteiger partial charge in [0.15, 0.2) is 0 Å². The zero-order chi connectivity index (χ0) is 12.3. The van der Waals surface area contributed by atoms with E-state index in [0.29, 0.717) is 11.5 Å². The van der Waals surface area contributed by atoms with Gasteiger partial charge in [-0.25, -0.2) is 4.98 Å². The van der Waals surface area contributed by atoms with E-state index < -0.39 is 5.91 Å². The number of anilines is 1. The SMILES string of the molecule is CN1CCC(CNc2ccc(C(N)=O)cn2)C1. The van der Waals surface area contributed by atoms with Crippen molar-refractivity contribution in [3.63, 3.8) is 0 Å². The number of aromatic nitrogens is 1. The van der Waals surface area contributed by atoms with Gasteiger partial charge >= 0.3 is 0 Å². The zero-order valence-electron chi connectivity index (χ0n) is 10.0. The molecule has 1 amide bonds. The smallest absolute Gasteiger partial charge is 0.250 e. The molecule has 0 saturated carbocycles. The number of nitrogens with one attached hydrogen (secondary N) is 1. The second kappa shape index (κ2) is 5.14. The largest absolute Gasteiger partial charge is 0.370 e. The van der Waals surface area contributed by atoms with Crippen molar-refractivity contribution >= 4 is 11.7 Å². The molecule has 5 heteroatoms. The Hall–Kier alpha value is -1.62. The Kier molecular flexibility index (Phi) is 3.58. The van der Waals surface area contributed by atoms with Crippen molar-refractivity contribution in [2.24, 2.45) is 11.7 Å². The topological polar surface area (TPSA) is 71.2 Å². The molecule has 1 aromatic heterocycles. The lowest BCUT2D eigenvalue weighted by atomic mass is 10.1. The van der Waals surface area contributed by atoms with Crippen LogP contribution in [-0.2, 0) is 0 Å². The molecule has 1 fully saturated rings. The number of hydrogen-bond acceptors (Lipinski definition) is 4. The molecule has 0 radical (unpaired) electrons. The third-order valence-corrected chi connectivity index (χ3v) is 3.11. The Morgan fingerprint density at radius 2 is 2.47 bits per heavy atom. The van der Waals surface area contributed by atoms with Crippen molar-refractivity contribution in [1.29, 1.82) is 0 Å². The van der Waals surface area contributed by atoms with Gasteiger partial charge in [0.05, 0.1) is 5.56 Å². The Balaban J connectivity index is 1.85. The number of likely N-dealkylation sites (tertiary alicyclic amines) is 1. The highest BCUT2D eigenvalue weighted by Crippen LogP contribution is 2.15. The molecule has 0 aromatic carbocycles. The summed E-state index contributed by atoms with van der Waals surface area (Å²) in [6, 6.07) is 3.48. The van der Waals surface area contributed by atoms with E-state index in [1.165, 1.54) is 19.2 Å². The number of primary amides is 1. The molecule has 1 atom stereocenters. The highest BCUT2D eigenvalue weighted by atomic mass is 16.1. The third-order valence-electron chi connectivity index (χ3n) is 3.11. The van der Waals surface area contributed by atoms with Crippen molar-refractivity contribution in [1.82, 2.24) is 9.88 Å². The molecule has 3 N–H and O–H groups in total. The predicted molar refractivity (Wildman–Crippen MR) is 66.8 cm³/mol. The first-order valence-electron chi connectivity index (χ1n) is 5.83. The lowest BCUT2D eigenvalue weighted by Gasteiger charge is -2.12. The van der Waals surface area contributed by atoms with E-state index in [-0.39, 0.29) is 0 Å². The molecule has 5 nitrogen and oxygen atoms in total. The number of carbonyl (C=O) groups is 1. The molecule has 0 spiro atoms. The number of rotatable bonds is 4. The predicted octanol–water partition coefficient (Wildman–Crippen LogP) is 0.544. The number of amides is 1. The number of hydrogen-bond donors (Lipinski definition) is 2. The fourth-order valence-corrected chi connectivity index (χ4v) is 2.09. The maximum Gasteiger partial charge on any atom is 0.250 e. The number of nitrogens with zero attached hydrogens (tertiary/aromatic N) is 2. The van der Waals surface area contributed by atoms with Crippen LogP contribution < -0.4 is 11.1 Å². The van der Waals surface area contributed by atoms with E-state index >= 15 is 0 Å². The minimum atomic E-state index is -0.443. The third kappa shape index (κ3) is 3.17. The number of pyridine rings is 1. The van der Waals surface area contributed by atoms with Crippen LogP contribution in [0.1, 0.15) is 16.8 Å². The molecular weight excluding hydrogens is 216 g/mol. The summed E-state index contributed by atoms with van der Waals surface area (Å²) in [6.45, 7) is 3.22. The van der Waals surface area contributed by atoms with Crippen LogP contribution in [0, 0.1) is 5.92 Å². The molecule has 1 aliphatic heterocycles. The van der Waals surface area contributed by atoms with Gasteiger partial charge in [-0.1, -0.05) is 0 Å². The van der Waals surface area contributed by atoms with Gasteiger partial charge in [-0.05, 0) is 38.1 Å². The normalized spacial score (nSPS) is 20.4. The highest BCUT2D eigenvalue weighted by Gasteiger charge is 2.18. The maximum atomic E-state index is 10.9. The van der Waals surface area contributed by atoms with Crippen molar-refractivity contribution in [2.75, 3.05) is 32.0 Å². The molecule has 1 saturated heterocycles. The number of carbonyl (C=O) groups excluding carboxylic acids is 1. The summed E-state index contributed by atoms with van der Waals surface area (Å²) in [5, 5.41) is 3.28. The minimum Gasteiger partial charge on any atom is -0.370 e. The van der Waals surface area contributed by atoms with E-state index in [2.05, 4.69) is 22.2 Å². The van der Waals surface area contributed by atoms with Gasteiger partial charge in [0, 0.05) is 19.3 Å². The Labute approximate surface area is 101 Å². The van der Waals surface area contributed by atoms with E-state index in [1.807, 2.05) is 0 Å². The second-order valence-corrected chi connectivity index (χ2v) is 4.59. The van der Waals surface area contributed by atoms with E-state index in [1.54, 1.807) is 12.1 Å². The van der Waals surface area contributed by atoms with Crippen LogP contribution in [0.3, 0.4) is 0 Å². The molecule has 92 valence electrons. The van der Waals surface area contributed by atoms with Crippen LogP contribution in [0.2, 0.25) is 0 Å². The molecule has 1 unspecified atom stereocenters. The minimum absolute atomic E-state index is 0.441. The first-order valence-corrected chi connectivity index (χ1v) is 5.83. The first-order chi connectivity index (χ1) is 8.15. The van der Waals surface area contributed by atoms with Crippen molar-refractivity contribution in [3.8, 4) is 0 Å². The van der Waals surface area contributed by atoms with E-state index in [9.17, 15) is 4.79 Å². The average Bonchev–Trinajstić information content (AvgIpc) is 2.73. The summed E-state index contributed by atoms with van der Waals surface area (Å²) in [5.41, 5.74) is 5.59. The van der Waals surface area contributed by atoms with Gasteiger partial charge in [0.25, 0.3) is 0 Å². The van der Waals surface area contributed by atoms with Gasteiger partial charge in [0.2, 0.25) is 5.91 Å². The molecule has 17 heavy (non-hydrogen) atoms. The van der Waals surface area contributed by atoms with Crippen LogP contribution in [0.5, 0.6) is 0 Å². The van der Waals surface area contributed by atoms with Crippen molar-refractivity contribution < 1.29 is 4.79 Å². The van der Waals surface area contributed by atoms with Crippen LogP contribution in [0.15, 0.2) is 18.3 Å². The average molecular weight is 234 g/mol. The standard InChI is InChI=1S/C12H18N4O/c1-16-5-4-9(8-16)6-14-11-3-2-10(7-15-11)12(13)17/h2-3,7,9H,4-6,8H2,1H3,(H2,13,17)(H,14,15). The van der Waals surface area contributed by atoms with Gasteiger partial charge in [0.1, 0.15) is 5.82 Å². The highest BCUT2D eigenvalue weighted by molar-refractivity contribution is 5.92. The van der Waals surface area contributed by atoms with Crippen molar-refractivity contribution in [3.05, 3.63) is 23.9 Å². The monoisotopic (exact) mass is 234 g/mol. The number of nitrogens with two attached hydrogens (primary N) is 1. The van der Waals surface area contributed by atoms with Crippen LogP contribution in [0.4, 0.5) is 5.82 Å². The summed E-state index contributed by atoms with van der Waals surface area (Å²) in [4.78, 5) is 17.4. The van der Waals surface area contributed by atoms with Crippen LogP contribution >= 0.6 is 0 Å². The molecule has 0 bridgehead atoms. The fraction of sp³-hybridized carbons (Fsp3) is 0.500. The summed E-state index contributed by atoms with van der Waals surface area (Å²) in [7, 11) is 2.14. The molecule has 0 aliphatic carbocycles. The molecule has 2 heterocycles. The van der Waals surface area contributed by atoms with E-state index in [4.69, 9.17) is 5.73 Å². The lowest BCUT2D eigenvalue weighted by molar-refractivity contribution is 0.1000. The molecular formula is C12H18N4O. The first kappa shape index (κ1) is 11.9. The molecule has 1 aromatic rings. The van der Waals surface area contributed by atoms with Gasteiger partial charge < -0.3 is 16.0 Å². The quantitative estimate of drug-likeness (QED) is 0.798. The molecule has 2 rings (SSSR count). The Morgan fingerprint density at radius 1 is 1.65 bits per heavy atom. The fourth-order valence-electron chi connectivity index (χ4n) is 2.09.